The van der Waals surface area contributed by atoms with Crippen molar-refractivity contribution < 1.29 is 4.74 Å². The molecule has 3 atom stereocenters. The zero-order valence-electron chi connectivity index (χ0n) is 11.3. The predicted octanol–water partition coefficient (Wildman–Crippen LogP) is 3.31. The van der Waals surface area contributed by atoms with Crippen LogP contribution in [0, 0.1) is 0 Å². The quantitative estimate of drug-likeness (QED) is 0.912. The molecule has 0 bridgehead atoms. The van der Waals surface area contributed by atoms with Gasteiger partial charge in [-0.15, -0.1) is 0 Å². The minimum atomic E-state index is 0.102. The number of imidazole rings is 1. The summed E-state index contributed by atoms with van der Waals surface area (Å²) in [6.45, 7) is 4.22. The smallest absolute Gasteiger partial charge is 0.0948 e. The van der Waals surface area contributed by atoms with Gasteiger partial charge in [0, 0.05) is 17.3 Å². The number of H-pyrrole nitrogens is 1. The molecule has 1 aromatic carbocycles. The van der Waals surface area contributed by atoms with Crippen molar-refractivity contribution >= 4 is 0 Å². The fourth-order valence-corrected chi connectivity index (χ4v) is 3.72. The van der Waals surface area contributed by atoms with E-state index in [2.05, 4.69) is 48.1 Å². The maximum Gasteiger partial charge on any atom is 0.0948 e. The van der Waals surface area contributed by atoms with Gasteiger partial charge in [0.1, 0.15) is 0 Å². The van der Waals surface area contributed by atoms with E-state index in [1.54, 1.807) is 6.33 Å². The van der Waals surface area contributed by atoms with Crippen molar-refractivity contribution in [3.63, 3.8) is 0 Å². The van der Waals surface area contributed by atoms with Crippen LogP contribution in [0.4, 0.5) is 0 Å². The highest BCUT2D eigenvalue weighted by Gasteiger charge is 2.67. The van der Waals surface area contributed by atoms with Crippen LogP contribution in [0.5, 0.6) is 0 Å². The lowest BCUT2D eigenvalue weighted by atomic mass is 9.93. The zero-order valence-corrected chi connectivity index (χ0v) is 11.3. The molecule has 0 amide bonds. The molecule has 19 heavy (non-hydrogen) atoms. The van der Waals surface area contributed by atoms with E-state index in [1.807, 2.05) is 6.20 Å². The van der Waals surface area contributed by atoms with E-state index >= 15 is 0 Å². The van der Waals surface area contributed by atoms with Gasteiger partial charge in [-0.25, -0.2) is 4.98 Å². The minimum absolute atomic E-state index is 0.102. The second-order valence-corrected chi connectivity index (χ2v) is 5.96. The van der Waals surface area contributed by atoms with Gasteiger partial charge in [-0.05, 0) is 37.3 Å². The first-order valence-electron chi connectivity index (χ1n) is 6.96. The Morgan fingerprint density at radius 1 is 1.32 bits per heavy atom. The first kappa shape index (κ1) is 11.2. The largest absolute Gasteiger partial charge is 0.370 e. The molecule has 3 heteroatoms. The van der Waals surface area contributed by atoms with Crippen LogP contribution in [-0.4, -0.2) is 16.1 Å². The molecule has 2 aromatic rings. The molecule has 1 fully saturated rings. The predicted molar refractivity (Wildman–Crippen MR) is 73.0 cm³/mol. The molecule has 1 heterocycles. The Labute approximate surface area is 113 Å². The summed E-state index contributed by atoms with van der Waals surface area (Å²) in [6.07, 6.45) is 5.30. The normalized spacial score (nSPS) is 31.3. The molecule has 1 aromatic heterocycles. The van der Waals surface area contributed by atoms with Crippen molar-refractivity contribution in [3.8, 4) is 0 Å². The van der Waals surface area contributed by atoms with Crippen LogP contribution < -0.4 is 0 Å². The van der Waals surface area contributed by atoms with Crippen molar-refractivity contribution in [2.45, 2.75) is 43.8 Å². The van der Waals surface area contributed by atoms with Gasteiger partial charge in [0.15, 0.2) is 0 Å². The van der Waals surface area contributed by atoms with E-state index in [4.69, 9.17) is 4.74 Å². The first-order chi connectivity index (χ1) is 9.23. The molecule has 0 aliphatic heterocycles. The standard InChI is InChI=1S/C16H18N2O/c1-10(2)19-15-12-6-4-3-5-11(12)13-7-16(13,15)14-8-17-9-18-14/h3-6,8-10,13,15H,7H2,1-2H3,(H,17,18)/t13-,15+,16-/m1/s1. The van der Waals surface area contributed by atoms with Crippen LogP contribution in [0.25, 0.3) is 0 Å². The minimum Gasteiger partial charge on any atom is -0.370 e. The van der Waals surface area contributed by atoms with E-state index in [0.717, 1.165) is 0 Å². The monoisotopic (exact) mass is 254 g/mol. The average molecular weight is 254 g/mol. The highest BCUT2D eigenvalue weighted by atomic mass is 16.5. The van der Waals surface area contributed by atoms with E-state index in [1.165, 1.54) is 23.2 Å². The van der Waals surface area contributed by atoms with Gasteiger partial charge in [0.25, 0.3) is 0 Å². The Bertz CT molecular complexity index is 605. The van der Waals surface area contributed by atoms with Crippen LogP contribution in [0.15, 0.2) is 36.8 Å². The van der Waals surface area contributed by atoms with Crippen molar-refractivity contribution in [2.75, 3.05) is 0 Å². The summed E-state index contributed by atoms with van der Waals surface area (Å²) in [7, 11) is 0. The molecule has 98 valence electrons. The number of hydrogen-bond acceptors (Lipinski definition) is 2. The van der Waals surface area contributed by atoms with Gasteiger partial charge in [-0.2, -0.15) is 0 Å². The molecule has 0 spiro atoms. The molecule has 1 saturated carbocycles. The van der Waals surface area contributed by atoms with Crippen LogP contribution in [0.1, 0.15) is 49.1 Å². The van der Waals surface area contributed by atoms with E-state index in [9.17, 15) is 0 Å². The fraction of sp³-hybridized carbons (Fsp3) is 0.438. The van der Waals surface area contributed by atoms with Crippen LogP contribution >= 0.6 is 0 Å². The summed E-state index contributed by atoms with van der Waals surface area (Å²) in [5.41, 5.74) is 4.15. The van der Waals surface area contributed by atoms with Gasteiger partial charge in [-0.1, -0.05) is 24.3 Å². The van der Waals surface area contributed by atoms with Crippen LogP contribution in [-0.2, 0) is 10.2 Å². The number of ether oxygens (including phenoxy) is 1. The third-order valence-electron chi connectivity index (χ3n) is 4.53. The number of fused-ring (bicyclic) bond motifs is 3. The lowest BCUT2D eigenvalue weighted by Crippen LogP contribution is -2.22. The maximum atomic E-state index is 6.27. The second-order valence-electron chi connectivity index (χ2n) is 5.96. The van der Waals surface area contributed by atoms with E-state index in [0.29, 0.717) is 5.92 Å². The third kappa shape index (κ3) is 1.39. The summed E-state index contributed by atoms with van der Waals surface area (Å²) in [5, 5.41) is 0. The summed E-state index contributed by atoms with van der Waals surface area (Å²) in [5.74, 6) is 0.591. The van der Waals surface area contributed by atoms with Gasteiger partial charge in [-0.3, -0.25) is 0 Å². The molecule has 3 nitrogen and oxygen atoms in total. The second kappa shape index (κ2) is 3.70. The zero-order chi connectivity index (χ0) is 13.0. The van der Waals surface area contributed by atoms with Gasteiger partial charge >= 0.3 is 0 Å². The number of rotatable bonds is 3. The maximum absolute atomic E-state index is 6.27. The van der Waals surface area contributed by atoms with Crippen molar-refractivity contribution in [1.29, 1.82) is 0 Å². The van der Waals surface area contributed by atoms with E-state index in [-0.39, 0.29) is 17.6 Å². The SMILES string of the molecule is CC(C)O[C@H]1c2ccccc2[C@H]2C[C@]21c1cnc[nH]1. The van der Waals surface area contributed by atoms with Gasteiger partial charge in [0.05, 0.1) is 18.5 Å². The summed E-state index contributed by atoms with van der Waals surface area (Å²) < 4.78 is 6.27. The summed E-state index contributed by atoms with van der Waals surface area (Å²) >= 11 is 0. The van der Waals surface area contributed by atoms with Crippen molar-refractivity contribution in [1.82, 2.24) is 9.97 Å². The van der Waals surface area contributed by atoms with Gasteiger partial charge in [0.2, 0.25) is 0 Å². The number of aromatic amines is 1. The molecular formula is C16H18N2O. The Balaban J connectivity index is 1.83. The fourth-order valence-electron chi connectivity index (χ4n) is 3.72. The summed E-state index contributed by atoms with van der Waals surface area (Å²) in [6, 6.07) is 8.71. The lowest BCUT2D eigenvalue weighted by Gasteiger charge is -2.26. The molecule has 2 aliphatic carbocycles. The number of benzene rings is 1. The Kier molecular flexibility index (Phi) is 2.19. The van der Waals surface area contributed by atoms with Crippen molar-refractivity contribution in [3.05, 3.63) is 53.6 Å². The highest BCUT2D eigenvalue weighted by Crippen LogP contribution is 2.72. The molecule has 1 N–H and O–H groups in total. The Morgan fingerprint density at radius 2 is 2.11 bits per heavy atom. The third-order valence-corrected chi connectivity index (χ3v) is 4.53. The lowest BCUT2D eigenvalue weighted by molar-refractivity contribution is -0.0140. The van der Waals surface area contributed by atoms with Crippen LogP contribution in [0.2, 0.25) is 0 Å². The number of nitrogens with zero attached hydrogens (tertiary/aromatic N) is 1. The highest BCUT2D eigenvalue weighted by molar-refractivity contribution is 5.54. The van der Waals surface area contributed by atoms with E-state index < -0.39 is 0 Å². The van der Waals surface area contributed by atoms with Crippen molar-refractivity contribution in [2.24, 2.45) is 0 Å². The Morgan fingerprint density at radius 3 is 2.79 bits per heavy atom. The molecule has 4 rings (SSSR count). The molecule has 0 unspecified atom stereocenters. The average Bonchev–Trinajstić information content (AvgIpc) is 2.81. The van der Waals surface area contributed by atoms with Gasteiger partial charge < -0.3 is 9.72 Å². The molecule has 0 radical (unpaired) electrons. The first-order valence-corrected chi connectivity index (χ1v) is 6.96. The number of aromatic nitrogens is 2. The topological polar surface area (TPSA) is 37.9 Å². The molecule has 0 saturated heterocycles. The summed E-state index contributed by atoms with van der Waals surface area (Å²) in [4.78, 5) is 7.51. The Hall–Kier alpha value is -1.61. The van der Waals surface area contributed by atoms with Crippen LogP contribution in [0.3, 0.4) is 0 Å². The molecule has 2 aliphatic rings. The number of hydrogen-bond donors (Lipinski definition) is 1. The number of nitrogens with one attached hydrogen (secondary N) is 1. The molecular weight excluding hydrogens is 236 g/mol.